The van der Waals surface area contributed by atoms with Crippen molar-refractivity contribution < 1.29 is 14.4 Å². The van der Waals surface area contributed by atoms with Crippen molar-refractivity contribution >= 4 is 28.5 Å². The molecule has 0 aliphatic rings. The van der Waals surface area contributed by atoms with E-state index in [-0.39, 0.29) is 24.3 Å². The maximum absolute atomic E-state index is 12.9. The lowest BCUT2D eigenvalue weighted by atomic mass is 10.0. The molecule has 1 atom stereocenters. The number of fused-ring (bicyclic) bond motifs is 1. The smallest absolute Gasteiger partial charge is 0.244 e. The summed E-state index contributed by atoms with van der Waals surface area (Å²) in [6, 6.07) is 24.0. The molecule has 0 aliphatic carbocycles. The summed E-state index contributed by atoms with van der Waals surface area (Å²) in [4.78, 5) is 38.9. The van der Waals surface area contributed by atoms with Gasteiger partial charge in [-0.25, -0.2) is 0 Å². The Bertz CT molecular complexity index is 1330. The molecule has 3 amide bonds. The fraction of sp³-hybridized carbons (Fsp3) is 0.417. The summed E-state index contributed by atoms with van der Waals surface area (Å²) < 4.78 is 0. The highest BCUT2D eigenvalue weighted by Crippen LogP contribution is 2.15. The maximum atomic E-state index is 12.9. The minimum atomic E-state index is -0.676. The van der Waals surface area contributed by atoms with E-state index in [0.29, 0.717) is 25.9 Å². The largest absolute Gasteiger partial charge is 0.354 e. The van der Waals surface area contributed by atoms with Crippen LogP contribution in [0.2, 0.25) is 0 Å². The number of unbranched alkanes of at least 4 members (excludes halogenated alkanes) is 2. The summed E-state index contributed by atoms with van der Waals surface area (Å²) in [7, 11) is 1.59. The predicted octanol–water partition coefficient (Wildman–Crippen LogP) is 4.50. The second-order valence-corrected chi connectivity index (χ2v) is 11.7. The molecule has 0 spiro atoms. The Morgan fingerprint density at radius 1 is 0.886 bits per heavy atom. The van der Waals surface area contributed by atoms with Crippen LogP contribution in [-0.4, -0.2) is 60.9 Å². The van der Waals surface area contributed by atoms with Crippen molar-refractivity contribution in [2.45, 2.75) is 70.9 Å². The van der Waals surface area contributed by atoms with Crippen molar-refractivity contribution in [1.82, 2.24) is 15.5 Å². The molecule has 8 heteroatoms. The highest BCUT2D eigenvalue weighted by Gasteiger charge is 2.27. The number of amides is 3. The lowest BCUT2D eigenvalue weighted by Gasteiger charge is -2.27. The predicted molar refractivity (Wildman–Crippen MR) is 181 cm³/mol. The zero-order chi connectivity index (χ0) is 32.4. The first-order valence-corrected chi connectivity index (χ1v) is 15.5. The van der Waals surface area contributed by atoms with Gasteiger partial charge < -0.3 is 27.0 Å². The van der Waals surface area contributed by atoms with Crippen LogP contribution >= 0.6 is 0 Å². The van der Waals surface area contributed by atoms with Crippen LogP contribution in [0.1, 0.15) is 57.6 Å². The van der Waals surface area contributed by atoms with E-state index in [4.69, 9.17) is 11.5 Å². The van der Waals surface area contributed by atoms with Crippen LogP contribution in [0.15, 0.2) is 84.9 Å². The SMILES string of the molecule is CCc1ccc2ccccc2c1.CN(C(=O)CNC(=O)/C=C/CC(C)(C)N)C(Cc1ccccc1)C(=O)NCCCCCN. The highest BCUT2D eigenvalue weighted by atomic mass is 16.2. The summed E-state index contributed by atoms with van der Waals surface area (Å²) in [5.74, 6) is -0.932. The summed E-state index contributed by atoms with van der Waals surface area (Å²) in [5.41, 5.74) is 13.3. The molecule has 0 fully saturated rings. The second kappa shape index (κ2) is 19.3. The van der Waals surface area contributed by atoms with Gasteiger partial charge in [-0.15, -0.1) is 0 Å². The summed E-state index contributed by atoms with van der Waals surface area (Å²) in [6.07, 6.45) is 7.78. The van der Waals surface area contributed by atoms with E-state index in [2.05, 4.69) is 60.0 Å². The van der Waals surface area contributed by atoms with Gasteiger partial charge in [0.25, 0.3) is 0 Å². The maximum Gasteiger partial charge on any atom is 0.244 e. The average Bonchev–Trinajstić information content (AvgIpc) is 3.01. The Balaban J connectivity index is 0.000000461. The zero-order valence-corrected chi connectivity index (χ0v) is 26.9. The second-order valence-electron chi connectivity index (χ2n) is 11.7. The number of aryl methyl sites for hydroxylation is 1. The molecule has 3 rings (SSSR count). The Labute approximate surface area is 263 Å². The molecule has 238 valence electrons. The minimum Gasteiger partial charge on any atom is -0.354 e. The van der Waals surface area contributed by atoms with E-state index < -0.39 is 11.6 Å². The minimum absolute atomic E-state index is 0.194. The van der Waals surface area contributed by atoms with E-state index in [0.717, 1.165) is 31.2 Å². The molecule has 3 aromatic rings. The number of carbonyl (C=O) groups is 3. The first-order chi connectivity index (χ1) is 21.0. The normalized spacial score (nSPS) is 11.9. The molecule has 0 radical (unpaired) electrons. The topological polar surface area (TPSA) is 131 Å². The lowest BCUT2D eigenvalue weighted by Crippen LogP contribution is -2.51. The number of carbonyl (C=O) groups excluding carboxylic acids is 3. The van der Waals surface area contributed by atoms with Crippen molar-refractivity contribution in [2.24, 2.45) is 11.5 Å². The van der Waals surface area contributed by atoms with Gasteiger partial charge in [0.15, 0.2) is 0 Å². The molecule has 0 aliphatic heterocycles. The van der Waals surface area contributed by atoms with Crippen molar-refractivity contribution in [1.29, 1.82) is 0 Å². The number of nitrogens with two attached hydrogens (primary N) is 2. The van der Waals surface area contributed by atoms with Crippen LogP contribution in [-0.2, 0) is 27.2 Å². The van der Waals surface area contributed by atoms with Crippen molar-refractivity contribution in [3.63, 3.8) is 0 Å². The van der Waals surface area contributed by atoms with Gasteiger partial charge in [0.1, 0.15) is 6.04 Å². The van der Waals surface area contributed by atoms with Gasteiger partial charge in [-0.05, 0) is 74.1 Å². The van der Waals surface area contributed by atoms with Crippen LogP contribution < -0.4 is 22.1 Å². The molecular weight excluding hydrogens is 550 g/mol. The van der Waals surface area contributed by atoms with E-state index in [1.54, 1.807) is 13.1 Å². The van der Waals surface area contributed by atoms with Gasteiger partial charge in [-0.2, -0.15) is 0 Å². The summed E-state index contributed by atoms with van der Waals surface area (Å²) in [5, 5.41) is 8.17. The quantitative estimate of drug-likeness (QED) is 0.151. The number of hydrogen-bond acceptors (Lipinski definition) is 5. The number of rotatable bonds is 15. The molecule has 0 saturated carbocycles. The van der Waals surface area contributed by atoms with Crippen LogP contribution in [0.5, 0.6) is 0 Å². The molecule has 0 aromatic heterocycles. The summed E-state index contributed by atoms with van der Waals surface area (Å²) in [6.45, 7) is 6.89. The van der Waals surface area contributed by atoms with Gasteiger partial charge in [0.2, 0.25) is 17.7 Å². The van der Waals surface area contributed by atoms with Crippen molar-refractivity contribution in [3.05, 3.63) is 96.1 Å². The van der Waals surface area contributed by atoms with Crippen molar-refractivity contribution in [3.8, 4) is 0 Å². The molecule has 0 saturated heterocycles. The first kappa shape index (κ1) is 36.2. The third-order valence-corrected chi connectivity index (χ3v) is 7.16. The Morgan fingerprint density at radius 2 is 1.57 bits per heavy atom. The van der Waals surface area contributed by atoms with Gasteiger partial charge in [0.05, 0.1) is 6.54 Å². The Kier molecular flexibility index (Phi) is 15.9. The van der Waals surface area contributed by atoms with Crippen LogP contribution in [0, 0.1) is 0 Å². The van der Waals surface area contributed by atoms with Gasteiger partial charge in [-0.1, -0.05) is 92.2 Å². The lowest BCUT2D eigenvalue weighted by molar-refractivity contribution is -0.138. The van der Waals surface area contributed by atoms with Crippen molar-refractivity contribution in [2.75, 3.05) is 26.7 Å². The number of likely N-dealkylation sites (N-methyl/N-ethyl adjacent to an activating group) is 1. The van der Waals surface area contributed by atoms with E-state index >= 15 is 0 Å². The van der Waals surface area contributed by atoms with E-state index in [9.17, 15) is 14.4 Å². The molecule has 8 nitrogen and oxygen atoms in total. The van der Waals surface area contributed by atoms with Crippen LogP contribution in [0.3, 0.4) is 0 Å². The molecule has 1 unspecified atom stereocenters. The monoisotopic (exact) mass is 601 g/mol. The zero-order valence-electron chi connectivity index (χ0n) is 26.9. The average molecular weight is 602 g/mol. The number of nitrogens with one attached hydrogen (secondary N) is 2. The van der Waals surface area contributed by atoms with E-state index in [1.165, 1.54) is 27.3 Å². The highest BCUT2D eigenvalue weighted by molar-refractivity contribution is 5.93. The van der Waals surface area contributed by atoms with Gasteiger partial charge in [0, 0.05) is 25.6 Å². The Hall–Kier alpha value is -4.01. The molecule has 0 bridgehead atoms. The van der Waals surface area contributed by atoms with E-state index in [1.807, 2.05) is 44.2 Å². The Morgan fingerprint density at radius 3 is 2.23 bits per heavy atom. The fourth-order valence-corrected chi connectivity index (χ4v) is 4.47. The molecule has 44 heavy (non-hydrogen) atoms. The first-order valence-electron chi connectivity index (χ1n) is 15.5. The van der Waals surface area contributed by atoms with Crippen LogP contribution in [0.4, 0.5) is 0 Å². The molecule has 3 aromatic carbocycles. The number of benzene rings is 3. The fourth-order valence-electron chi connectivity index (χ4n) is 4.47. The molecule has 6 N–H and O–H groups in total. The number of hydrogen-bond donors (Lipinski definition) is 4. The third kappa shape index (κ3) is 14.0. The van der Waals surface area contributed by atoms with Crippen LogP contribution in [0.25, 0.3) is 10.8 Å². The molecular formula is C36H51N5O3. The van der Waals surface area contributed by atoms with Gasteiger partial charge in [-0.3, -0.25) is 14.4 Å². The molecule has 0 heterocycles. The van der Waals surface area contributed by atoms with Gasteiger partial charge >= 0.3 is 0 Å². The third-order valence-electron chi connectivity index (χ3n) is 7.16. The number of nitrogens with zero attached hydrogens (tertiary/aromatic N) is 1. The summed E-state index contributed by atoms with van der Waals surface area (Å²) >= 11 is 0. The standard InChI is InChI=1S/C24H39N5O3.C12H12/c1-24(2,26)14-10-13-21(30)28-18-22(31)29(3)20(17-19-11-6-4-7-12-19)23(32)27-16-9-5-8-15-25;1-2-10-7-8-11-5-3-4-6-12(11)9-10/h4,6-7,10-13,20H,5,8-9,14-18,25-26H2,1-3H3,(H,27,32)(H,28,30);3-9H,2H2,1H3/b13-10+;.